The third-order valence-electron chi connectivity index (χ3n) is 5.52. The Morgan fingerprint density at radius 3 is 1.81 bits per heavy atom. The normalized spacial score (nSPS) is 29.5. The van der Waals surface area contributed by atoms with Gasteiger partial charge in [0.05, 0.1) is 23.0 Å². The zero-order valence-electron chi connectivity index (χ0n) is 15.9. The molecule has 1 aliphatic rings. The van der Waals surface area contributed by atoms with Gasteiger partial charge in [-0.1, -0.05) is 19.4 Å². The first-order valence-electron chi connectivity index (χ1n) is 8.65. The first kappa shape index (κ1) is 22.4. The van der Waals surface area contributed by atoms with Crippen LogP contribution in [0, 0.1) is 17.3 Å². The van der Waals surface area contributed by atoms with E-state index >= 15 is 0 Å². The molecule has 8 nitrogen and oxygen atoms in total. The van der Waals surface area contributed by atoms with E-state index in [4.69, 9.17) is 0 Å². The van der Waals surface area contributed by atoms with Crippen molar-refractivity contribution < 1.29 is 39.6 Å². The summed E-state index contributed by atoms with van der Waals surface area (Å²) >= 11 is 0. The zero-order valence-corrected chi connectivity index (χ0v) is 15.9. The number of carboxylic acids is 4. The van der Waals surface area contributed by atoms with Crippen molar-refractivity contribution in [3.05, 3.63) is 22.3 Å². The van der Waals surface area contributed by atoms with E-state index in [1.165, 1.54) is 6.92 Å². The second-order valence-corrected chi connectivity index (χ2v) is 7.58. The summed E-state index contributed by atoms with van der Waals surface area (Å²) < 4.78 is 0. The van der Waals surface area contributed by atoms with E-state index in [-0.39, 0.29) is 42.4 Å². The predicted molar refractivity (Wildman–Crippen MR) is 95.2 cm³/mol. The molecule has 0 bridgehead atoms. The number of hydrogen-bond acceptors (Lipinski definition) is 4. The van der Waals surface area contributed by atoms with E-state index in [1.54, 1.807) is 20.8 Å². The molecule has 0 fully saturated rings. The Hall–Kier alpha value is -2.64. The summed E-state index contributed by atoms with van der Waals surface area (Å²) in [7, 11) is 0. The summed E-state index contributed by atoms with van der Waals surface area (Å²) in [5.74, 6) is -7.58. The Labute approximate surface area is 157 Å². The van der Waals surface area contributed by atoms with Gasteiger partial charge in [0.25, 0.3) is 0 Å². The van der Waals surface area contributed by atoms with Gasteiger partial charge in [-0.2, -0.15) is 0 Å². The number of carbonyl (C=O) groups is 4. The average molecular weight is 382 g/mol. The van der Waals surface area contributed by atoms with Crippen LogP contribution in [0.5, 0.6) is 0 Å². The molecule has 0 saturated heterocycles. The van der Waals surface area contributed by atoms with E-state index in [2.05, 4.69) is 0 Å². The Morgan fingerprint density at radius 2 is 1.41 bits per heavy atom. The summed E-state index contributed by atoms with van der Waals surface area (Å²) in [5.41, 5.74) is -0.657. The van der Waals surface area contributed by atoms with E-state index < -0.39 is 41.1 Å². The maximum Gasteiger partial charge on any atom is 0.336 e. The van der Waals surface area contributed by atoms with Crippen LogP contribution in [0.1, 0.15) is 53.4 Å². The lowest BCUT2D eigenvalue weighted by Crippen LogP contribution is -2.34. The molecule has 0 aromatic rings. The summed E-state index contributed by atoms with van der Waals surface area (Å²) in [6.07, 6.45) is -0.147. The van der Waals surface area contributed by atoms with Crippen LogP contribution >= 0.6 is 0 Å². The number of allylic oxidation sites excluding steroid dienone is 1. The van der Waals surface area contributed by atoms with Gasteiger partial charge >= 0.3 is 23.9 Å². The maximum atomic E-state index is 11.8. The highest BCUT2D eigenvalue weighted by Gasteiger charge is 2.40. The predicted octanol–water partition coefficient (Wildman–Crippen LogP) is 2.79. The van der Waals surface area contributed by atoms with E-state index in [1.807, 2.05) is 0 Å². The summed E-state index contributed by atoms with van der Waals surface area (Å²) in [5, 5.41) is 38.2. The number of hydrogen-bond donors (Lipinski definition) is 4. The highest BCUT2D eigenvalue weighted by atomic mass is 16.4. The van der Waals surface area contributed by atoms with Crippen LogP contribution in [0.2, 0.25) is 0 Å². The minimum Gasteiger partial charge on any atom is -0.481 e. The van der Waals surface area contributed by atoms with E-state index in [9.17, 15) is 39.6 Å². The van der Waals surface area contributed by atoms with Crippen LogP contribution in [-0.4, -0.2) is 44.3 Å². The van der Waals surface area contributed by atoms with E-state index in [0.717, 1.165) is 0 Å². The summed E-state index contributed by atoms with van der Waals surface area (Å²) in [6, 6.07) is 0. The largest absolute Gasteiger partial charge is 0.481 e. The molecule has 1 aliphatic carbocycles. The number of carboxylic acid groups (broad SMARTS) is 4. The molecule has 0 radical (unpaired) electrons. The van der Waals surface area contributed by atoms with Crippen LogP contribution < -0.4 is 0 Å². The van der Waals surface area contributed by atoms with Gasteiger partial charge in [0.1, 0.15) is 0 Å². The van der Waals surface area contributed by atoms with Gasteiger partial charge in [0.2, 0.25) is 0 Å². The smallest absolute Gasteiger partial charge is 0.336 e. The first-order chi connectivity index (χ1) is 12.3. The van der Waals surface area contributed by atoms with Crippen molar-refractivity contribution in [1.82, 2.24) is 0 Å². The third-order valence-corrected chi connectivity index (χ3v) is 5.52. The van der Waals surface area contributed by atoms with Crippen molar-refractivity contribution in [1.29, 1.82) is 0 Å². The topological polar surface area (TPSA) is 149 Å². The van der Waals surface area contributed by atoms with Gasteiger partial charge in [0, 0.05) is 0 Å². The first-order valence-corrected chi connectivity index (χ1v) is 8.65. The van der Waals surface area contributed by atoms with Crippen LogP contribution in [0.15, 0.2) is 22.3 Å². The SMILES string of the molecule is CC1=C(\C)C(C)(C)CC(C(=O)O)C(C(=O)O)CCC/C(C(=O)O)=C\1C(=O)O. The maximum absolute atomic E-state index is 11.8. The van der Waals surface area contributed by atoms with Crippen LogP contribution in [0.4, 0.5) is 0 Å². The lowest BCUT2D eigenvalue weighted by atomic mass is 9.71. The van der Waals surface area contributed by atoms with Crippen molar-refractivity contribution in [2.24, 2.45) is 17.3 Å². The Kier molecular flexibility index (Phi) is 6.94. The van der Waals surface area contributed by atoms with Gasteiger partial charge < -0.3 is 20.4 Å². The molecular weight excluding hydrogens is 356 g/mol. The molecule has 0 aromatic carbocycles. The average Bonchev–Trinajstić information content (AvgIpc) is 2.54. The second-order valence-electron chi connectivity index (χ2n) is 7.58. The van der Waals surface area contributed by atoms with Crippen LogP contribution in [-0.2, 0) is 19.2 Å². The van der Waals surface area contributed by atoms with Crippen LogP contribution in [0.3, 0.4) is 0 Å². The van der Waals surface area contributed by atoms with Gasteiger partial charge in [-0.05, 0) is 50.5 Å². The molecule has 0 heterocycles. The Bertz CT molecular complexity index is 726. The monoisotopic (exact) mass is 382 g/mol. The van der Waals surface area contributed by atoms with Crippen molar-refractivity contribution in [2.45, 2.75) is 53.4 Å². The molecule has 0 saturated carbocycles. The standard InChI is InChI=1S/C19H26O8/c1-9-10(2)19(3,4)8-13(17(24)25)11(15(20)21)6-5-7-12(16(22)23)14(9)18(26)27/h11,13H,5-8H2,1-4H3,(H,20,21)(H,22,23)(H,24,25)(H,26,27)/b10-9-,14-12-. The number of aliphatic carboxylic acids is 4. The van der Waals surface area contributed by atoms with Gasteiger partial charge in [-0.3, -0.25) is 9.59 Å². The second kappa shape index (κ2) is 8.37. The van der Waals surface area contributed by atoms with Crippen LogP contribution in [0.25, 0.3) is 0 Å². The highest BCUT2D eigenvalue weighted by Crippen LogP contribution is 2.41. The molecule has 8 heteroatoms. The molecule has 0 spiro atoms. The zero-order chi connectivity index (χ0) is 21.1. The molecule has 1 rings (SSSR count). The number of rotatable bonds is 4. The van der Waals surface area contributed by atoms with Gasteiger partial charge in [0.15, 0.2) is 0 Å². The quantitative estimate of drug-likeness (QED) is 0.580. The minimum absolute atomic E-state index is 0.00221. The fourth-order valence-corrected chi connectivity index (χ4v) is 3.65. The Morgan fingerprint density at radius 1 is 0.889 bits per heavy atom. The van der Waals surface area contributed by atoms with Crippen molar-refractivity contribution in [3.63, 3.8) is 0 Å². The highest BCUT2D eigenvalue weighted by molar-refractivity contribution is 6.02. The molecule has 27 heavy (non-hydrogen) atoms. The van der Waals surface area contributed by atoms with Crippen molar-refractivity contribution >= 4 is 23.9 Å². The van der Waals surface area contributed by atoms with Gasteiger partial charge in [-0.25, -0.2) is 9.59 Å². The lowest BCUT2D eigenvalue weighted by molar-refractivity contribution is -0.155. The fourth-order valence-electron chi connectivity index (χ4n) is 3.65. The minimum atomic E-state index is -1.38. The molecule has 0 amide bonds. The Balaban J connectivity index is 3.71. The van der Waals surface area contributed by atoms with E-state index in [0.29, 0.717) is 5.57 Å². The summed E-state index contributed by atoms with van der Waals surface area (Å²) in [4.78, 5) is 46.9. The third kappa shape index (κ3) is 4.96. The van der Waals surface area contributed by atoms with Crippen molar-refractivity contribution in [2.75, 3.05) is 0 Å². The van der Waals surface area contributed by atoms with Crippen molar-refractivity contribution in [3.8, 4) is 0 Å². The molecule has 0 aromatic heterocycles. The fraction of sp³-hybridized carbons (Fsp3) is 0.579. The van der Waals surface area contributed by atoms with Gasteiger partial charge in [-0.15, -0.1) is 0 Å². The molecular formula is C19H26O8. The lowest BCUT2D eigenvalue weighted by Gasteiger charge is -2.32. The summed E-state index contributed by atoms with van der Waals surface area (Å²) in [6.45, 7) is 6.55. The molecule has 150 valence electrons. The molecule has 0 aliphatic heterocycles. The molecule has 4 N–H and O–H groups in total. The molecule has 2 unspecified atom stereocenters. The molecule has 2 atom stereocenters.